The zero-order valence-electron chi connectivity index (χ0n) is 36.2. The van der Waals surface area contributed by atoms with Crippen LogP contribution in [0.1, 0.15) is 74.9 Å². The average Bonchev–Trinajstić information content (AvgIpc) is 3.13. The molecule has 56 heavy (non-hydrogen) atoms. The van der Waals surface area contributed by atoms with Gasteiger partial charge in [0, 0.05) is 126 Å². The van der Waals surface area contributed by atoms with Crippen LogP contribution in [0.25, 0.3) is 0 Å². The van der Waals surface area contributed by atoms with Crippen LogP contribution in [0.2, 0.25) is 0 Å². The minimum absolute atomic E-state index is 0.0377. The van der Waals surface area contributed by atoms with Crippen LogP contribution in [-0.2, 0) is 37.0 Å². The number of hydrogen-bond donors (Lipinski definition) is 4. The van der Waals surface area contributed by atoms with Gasteiger partial charge in [0.1, 0.15) is 0 Å². The summed E-state index contributed by atoms with van der Waals surface area (Å²) in [7, 11) is 4.38. The molecule has 4 N–H and O–H groups in total. The molecule has 0 unspecified atom stereocenters. The number of fused-ring (bicyclic) bond motifs is 3. The number of nitrogens with zero attached hydrogens (tertiary/aromatic N) is 6. The van der Waals surface area contributed by atoms with Gasteiger partial charge in [0.25, 0.3) is 0 Å². The number of hydrogen-bond acceptors (Lipinski definition) is 12. The Kier molecular flexibility index (Phi) is 19.4. The summed E-state index contributed by atoms with van der Waals surface area (Å²) in [5, 5.41) is 41.0. The van der Waals surface area contributed by atoms with Crippen LogP contribution in [0.4, 0.5) is 0 Å². The second kappa shape index (κ2) is 22.9. The smallest absolute Gasteiger partial charge is 0.0558 e. The average molecular weight is 817 g/mol. The predicted octanol–water partition coefficient (Wildman–Crippen LogP) is 4.23. The van der Waals surface area contributed by atoms with Crippen molar-refractivity contribution >= 4 is 23.5 Å². The molecule has 0 fully saturated rings. The van der Waals surface area contributed by atoms with Gasteiger partial charge in [-0.2, -0.15) is 0 Å². The maximum absolute atomic E-state index is 10.2. The van der Waals surface area contributed by atoms with Crippen molar-refractivity contribution in [1.29, 1.82) is 0 Å². The normalized spacial score (nSPS) is 19.9. The first-order chi connectivity index (χ1) is 26.6. The largest absolute Gasteiger partial charge is 0.395 e. The highest BCUT2D eigenvalue weighted by Gasteiger charge is 2.25. The van der Waals surface area contributed by atoms with Gasteiger partial charge in [0.05, 0.1) is 26.4 Å². The molecule has 0 atom stereocenters. The summed E-state index contributed by atoms with van der Waals surface area (Å²) in [6.45, 7) is 26.7. The van der Waals surface area contributed by atoms with Gasteiger partial charge in [0.15, 0.2) is 0 Å². The molecular formula is C44H76N6O4S2. The Labute approximate surface area is 348 Å². The van der Waals surface area contributed by atoms with Crippen LogP contribution in [0.5, 0.6) is 0 Å². The lowest BCUT2D eigenvalue weighted by Gasteiger charge is -2.32. The zero-order chi connectivity index (χ0) is 40.9. The number of β-amino-alcohol motifs (C(OH)–C–C–N with tert-alkyl or cyclic N) is 4. The van der Waals surface area contributed by atoms with Crippen LogP contribution in [-0.4, -0.2) is 180 Å². The second-order valence-corrected chi connectivity index (χ2v) is 20.3. The Morgan fingerprint density at radius 2 is 0.696 bits per heavy atom. The van der Waals surface area contributed by atoms with Crippen molar-refractivity contribution in [3.8, 4) is 0 Å². The lowest BCUT2D eigenvalue weighted by atomic mass is 9.84. The topological polar surface area (TPSA) is 100 Å². The molecule has 318 valence electrons. The van der Waals surface area contributed by atoms with E-state index in [1.807, 2.05) is 23.5 Å². The third kappa shape index (κ3) is 14.8. The molecule has 0 amide bonds. The molecule has 0 radical (unpaired) electrons. The molecule has 10 nitrogen and oxygen atoms in total. The first-order valence-corrected chi connectivity index (χ1v) is 22.9. The third-order valence-electron chi connectivity index (χ3n) is 11.2. The van der Waals surface area contributed by atoms with E-state index in [-0.39, 0.29) is 37.3 Å². The molecule has 0 spiro atoms. The molecule has 2 aromatic rings. The highest BCUT2D eigenvalue weighted by molar-refractivity contribution is 8.03. The molecule has 0 aliphatic carbocycles. The van der Waals surface area contributed by atoms with Gasteiger partial charge in [-0.3, -0.25) is 19.6 Å². The number of thioether (sulfide) groups is 2. The number of benzene rings is 2. The van der Waals surface area contributed by atoms with E-state index in [1.165, 1.54) is 43.2 Å². The SMILES string of the molecule is CN1CCN(CCO)Cc2cc(C(C)(C)C)cc3c2SCCSc2c(cc(C(C)(C)C)cc2CN(CCO)CCN(C)CCN(CCO)C3)CN(CCO)CC1. The highest BCUT2D eigenvalue weighted by Crippen LogP contribution is 2.38. The monoisotopic (exact) mass is 817 g/mol. The summed E-state index contributed by atoms with van der Waals surface area (Å²) >= 11 is 3.92. The van der Waals surface area contributed by atoms with E-state index >= 15 is 0 Å². The van der Waals surface area contributed by atoms with Crippen LogP contribution >= 0.6 is 23.5 Å². The summed E-state index contributed by atoms with van der Waals surface area (Å²) in [5.74, 6) is 1.87. The fraction of sp³-hybridized carbons (Fsp3) is 0.727. The molecule has 2 aromatic carbocycles. The molecule has 2 bridgehead atoms. The molecule has 12 heteroatoms. The van der Waals surface area contributed by atoms with Crippen LogP contribution in [0.3, 0.4) is 0 Å². The summed E-state index contributed by atoms with van der Waals surface area (Å²) in [5.41, 5.74) is 7.87. The third-order valence-corrected chi connectivity index (χ3v) is 13.9. The molecule has 2 aliphatic rings. The fourth-order valence-electron chi connectivity index (χ4n) is 7.58. The number of likely N-dealkylation sites (N-methyl/N-ethyl adjacent to an activating group) is 2. The maximum Gasteiger partial charge on any atom is 0.0558 e. The quantitative estimate of drug-likeness (QED) is 0.307. The van der Waals surface area contributed by atoms with Crippen molar-refractivity contribution in [2.45, 2.75) is 88.3 Å². The summed E-state index contributed by atoms with van der Waals surface area (Å²) in [4.78, 5) is 17.1. The van der Waals surface area contributed by atoms with Crippen LogP contribution < -0.4 is 0 Å². The van der Waals surface area contributed by atoms with Crippen LogP contribution in [0.15, 0.2) is 34.1 Å². The highest BCUT2D eigenvalue weighted by atomic mass is 32.2. The second-order valence-electron chi connectivity index (χ2n) is 18.0. The summed E-state index contributed by atoms with van der Waals surface area (Å²) in [6, 6.07) is 9.71. The van der Waals surface area contributed by atoms with Crippen molar-refractivity contribution in [2.24, 2.45) is 0 Å². The zero-order valence-corrected chi connectivity index (χ0v) is 37.8. The van der Waals surface area contributed by atoms with Gasteiger partial charge in [-0.05, 0) is 58.3 Å². The van der Waals surface area contributed by atoms with Gasteiger partial charge >= 0.3 is 0 Å². The fourth-order valence-corrected chi connectivity index (χ4v) is 9.89. The maximum atomic E-state index is 10.2. The number of aliphatic hydroxyl groups is 4. The van der Waals surface area contributed by atoms with Gasteiger partial charge in [0.2, 0.25) is 0 Å². The van der Waals surface area contributed by atoms with E-state index in [2.05, 4.69) is 109 Å². The lowest BCUT2D eigenvalue weighted by Crippen LogP contribution is -2.40. The van der Waals surface area contributed by atoms with Gasteiger partial charge in [-0.25, -0.2) is 0 Å². The van der Waals surface area contributed by atoms with Crippen molar-refractivity contribution < 1.29 is 20.4 Å². The molecule has 2 heterocycles. The predicted molar refractivity (Wildman–Crippen MR) is 236 cm³/mol. The van der Waals surface area contributed by atoms with Gasteiger partial charge in [-0.1, -0.05) is 65.8 Å². The van der Waals surface area contributed by atoms with E-state index in [1.54, 1.807) is 0 Å². The van der Waals surface area contributed by atoms with Crippen molar-refractivity contribution in [3.63, 3.8) is 0 Å². The molecule has 0 aromatic heterocycles. The first-order valence-electron chi connectivity index (χ1n) is 20.9. The molecule has 4 rings (SSSR count). The summed E-state index contributed by atoms with van der Waals surface area (Å²) < 4.78 is 0. The molecule has 0 saturated carbocycles. The number of rotatable bonds is 8. The Balaban J connectivity index is 1.93. The summed E-state index contributed by atoms with van der Waals surface area (Å²) in [6.07, 6.45) is 0. The van der Waals surface area contributed by atoms with E-state index in [4.69, 9.17) is 0 Å². The van der Waals surface area contributed by atoms with E-state index in [0.717, 1.165) is 90.0 Å². The van der Waals surface area contributed by atoms with E-state index < -0.39 is 0 Å². The Morgan fingerprint density at radius 1 is 0.446 bits per heavy atom. The van der Waals surface area contributed by atoms with Gasteiger partial charge in [-0.15, -0.1) is 23.5 Å². The van der Waals surface area contributed by atoms with Crippen LogP contribution in [0, 0.1) is 0 Å². The minimum atomic E-state index is -0.0377. The van der Waals surface area contributed by atoms with Crippen molar-refractivity contribution in [2.75, 3.05) is 131 Å². The number of aliphatic hydroxyl groups excluding tert-OH is 4. The van der Waals surface area contributed by atoms with Crippen molar-refractivity contribution in [3.05, 3.63) is 57.6 Å². The Bertz CT molecular complexity index is 1290. The molecule has 2 aliphatic heterocycles. The van der Waals surface area contributed by atoms with Gasteiger partial charge < -0.3 is 30.2 Å². The minimum Gasteiger partial charge on any atom is -0.395 e. The van der Waals surface area contributed by atoms with Crippen molar-refractivity contribution in [1.82, 2.24) is 29.4 Å². The first kappa shape index (κ1) is 47.4. The Hall–Kier alpha value is -1.26. The standard InChI is InChI=1S/C44H76N6O4S2/c1-43(2,3)39-27-35-31-47(17-21-51)13-9-45(7)11-15-49(19-23-53)33-37-29-40(44(4,5)6)30-38-34-50(20-24-54)16-12-46(8)10-14-48(18-22-52)32-36(28-39)41(35)55-25-26-56-42(37)38/h27-30,51-54H,9-26,31-34H2,1-8H3. The lowest BCUT2D eigenvalue weighted by molar-refractivity contribution is 0.149. The van der Waals surface area contributed by atoms with E-state index in [0.29, 0.717) is 26.2 Å². The van der Waals surface area contributed by atoms with E-state index in [9.17, 15) is 20.4 Å². The molecule has 0 saturated heterocycles. The Morgan fingerprint density at radius 3 is 0.911 bits per heavy atom. The molecular weight excluding hydrogens is 741 g/mol.